The lowest BCUT2D eigenvalue weighted by Gasteiger charge is -2.09. The zero-order valence-electron chi connectivity index (χ0n) is 20.4. The topological polar surface area (TPSA) is 104 Å². The van der Waals surface area contributed by atoms with Crippen LogP contribution in [0.15, 0.2) is 18.2 Å². The third-order valence-corrected chi connectivity index (χ3v) is 6.06. The Morgan fingerprint density at radius 3 is 1.52 bits per heavy atom. The molecule has 1 aromatic rings. The largest absolute Gasteiger partial charge is 0.478 e. The Labute approximate surface area is 199 Å². The van der Waals surface area contributed by atoms with Crippen LogP contribution in [0, 0.1) is 0 Å². The summed E-state index contributed by atoms with van der Waals surface area (Å²) in [4.78, 5) is 34.7. The lowest BCUT2D eigenvalue weighted by molar-refractivity contribution is 0.0690. The van der Waals surface area contributed by atoms with Gasteiger partial charge in [0.05, 0.1) is 16.7 Å². The summed E-state index contributed by atoms with van der Waals surface area (Å²) in [5.74, 6) is -3.02. The molecule has 6 heteroatoms. The fourth-order valence-electron chi connectivity index (χ4n) is 4.02. The van der Waals surface area contributed by atoms with E-state index in [9.17, 15) is 19.5 Å². The highest BCUT2D eigenvalue weighted by Crippen LogP contribution is 2.15. The van der Waals surface area contributed by atoms with Crippen molar-refractivity contribution >= 4 is 17.8 Å². The number of carboxylic acid groups (broad SMARTS) is 2. The molecule has 1 aromatic carbocycles. The summed E-state index contributed by atoms with van der Waals surface area (Å²) in [6, 6.07) is 3.53. The van der Waals surface area contributed by atoms with Crippen LogP contribution in [0.3, 0.4) is 0 Å². The molecule has 0 spiro atoms. The van der Waals surface area contributed by atoms with Crippen LogP contribution in [0.4, 0.5) is 0 Å². The Bertz CT molecular complexity index is 716. The monoisotopic (exact) mass is 461 g/mol. The molecule has 186 valence electrons. The van der Waals surface area contributed by atoms with E-state index in [2.05, 4.69) is 12.2 Å². The van der Waals surface area contributed by atoms with Gasteiger partial charge in [-0.2, -0.15) is 0 Å². The Balaban J connectivity index is 2.03. The van der Waals surface area contributed by atoms with Crippen molar-refractivity contribution in [3.8, 4) is 0 Å². The second-order valence-electron chi connectivity index (χ2n) is 8.93. The van der Waals surface area contributed by atoms with Crippen LogP contribution in [0.5, 0.6) is 0 Å². The van der Waals surface area contributed by atoms with E-state index in [-0.39, 0.29) is 16.7 Å². The molecular weight excluding hydrogens is 418 g/mol. The Hall–Kier alpha value is -2.37. The maximum absolute atomic E-state index is 12.3. The molecule has 0 aliphatic heterocycles. The number of hydrogen-bond acceptors (Lipinski definition) is 3. The van der Waals surface area contributed by atoms with Gasteiger partial charge in [0.1, 0.15) is 0 Å². The fraction of sp³-hybridized carbons (Fsp3) is 0.667. The van der Waals surface area contributed by atoms with Gasteiger partial charge in [0.15, 0.2) is 0 Å². The minimum Gasteiger partial charge on any atom is -0.478 e. The minimum absolute atomic E-state index is 0.0102. The molecule has 1 amide bonds. The number of nitrogens with one attached hydrogen (secondary N) is 1. The predicted molar refractivity (Wildman–Crippen MR) is 132 cm³/mol. The first-order valence-electron chi connectivity index (χ1n) is 12.9. The Kier molecular flexibility index (Phi) is 15.7. The zero-order valence-corrected chi connectivity index (χ0v) is 20.4. The van der Waals surface area contributed by atoms with E-state index < -0.39 is 17.8 Å². The molecule has 0 fully saturated rings. The molecule has 33 heavy (non-hydrogen) atoms. The van der Waals surface area contributed by atoms with Gasteiger partial charge in [0, 0.05) is 6.54 Å². The normalized spacial score (nSPS) is 10.8. The first-order valence-corrected chi connectivity index (χ1v) is 12.9. The number of carboxylic acids is 2. The zero-order chi connectivity index (χ0) is 24.3. The molecule has 0 heterocycles. The Morgan fingerprint density at radius 2 is 1.09 bits per heavy atom. The van der Waals surface area contributed by atoms with Crippen molar-refractivity contribution in [1.29, 1.82) is 0 Å². The van der Waals surface area contributed by atoms with Crippen molar-refractivity contribution in [3.05, 3.63) is 34.9 Å². The molecule has 0 unspecified atom stereocenters. The number of aromatic carboxylic acids is 2. The van der Waals surface area contributed by atoms with E-state index >= 15 is 0 Å². The molecule has 0 aliphatic rings. The lowest BCUT2D eigenvalue weighted by Crippen LogP contribution is -2.26. The van der Waals surface area contributed by atoms with Gasteiger partial charge in [-0.1, -0.05) is 103 Å². The van der Waals surface area contributed by atoms with Gasteiger partial charge < -0.3 is 15.5 Å². The van der Waals surface area contributed by atoms with Crippen molar-refractivity contribution in [2.75, 3.05) is 6.54 Å². The quantitative estimate of drug-likeness (QED) is 0.180. The van der Waals surface area contributed by atoms with Crippen molar-refractivity contribution in [2.45, 2.75) is 110 Å². The fourth-order valence-corrected chi connectivity index (χ4v) is 4.02. The van der Waals surface area contributed by atoms with E-state index in [0.29, 0.717) is 6.54 Å². The van der Waals surface area contributed by atoms with Gasteiger partial charge in [-0.3, -0.25) is 4.79 Å². The van der Waals surface area contributed by atoms with Crippen LogP contribution in [-0.4, -0.2) is 34.6 Å². The van der Waals surface area contributed by atoms with Crippen LogP contribution in [-0.2, 0) is 0 Å². The molecule has 3 N–H and O–H groups in total. The molecule has 0 aromatic heterocycles. The lowest BCUT2D eigenvalue weighted by atomic mass is 10.0. The summed E-state index contributed by atoms with van der Waals surface area (Å²) in [5, 5.41) is 21.0. The number of hydrogen-bond donors (Lipinski definition) is 3. The maximum Gasteiger partial charge on any atom is 0.336 e. The highest BCUT2D eigenvalue weighted by atomic mass is 16.4. The van der Waals surface area contributed by atoms with Gasteiger partial charge in [0.2, 0.25) is 0 Å². The maximum atomic E-state index is 12.3. The van der Waals surface area contributed by atoms with E-state index in [4.69, 9.17) is 5.11 Å². The molecule has 1 rings (SSSR count). The molecule has 0 radical (unpaired) electrons. The number of rotatable bonds is 20. The van der Waals surface area contributed by atoms with Gasteiger partial charge in [-0.15, -0.1) is 0 Å². The van der Waals surface area contributed by atoms with Gasteiger partial charge in [0.25, 0.3) is 5.91 Å². The molecule has 6 nitrogen and oxygen atoms in total. The van der Waals surface area contributed by atoms with E-state index in [1.165, 1.54) is 95.6 Å². The second kappa shape index (κ2) is 18.1. The summed E-state index contributed by atoms with van der Waals surface area (Å²) < 4.78 is 0. The summed E-state index contributed by atoms with van der Waals surface area (Å²) in [7, 11) is 0. The van der Waals surface area contributed by atoms with E-state index in [0.717, 1.165) is 25.3 Å². The summed E-state index contributed by atoms with van der Waals surface area (Å²) in [5.41, 5.74) is -0.454. The third-order valence-electron chi connectivity index (χ3n) is 6.06. The van der Waals surface area contributed by atoms with Gasteiger partial charge in [-0.05, 0) is 24.6 Å². The minimum atomic E-state index is -1.31. The van der Waals surface area contributed by atoms with Crippen LogP contribution in [0.2, 0.25) is 0 Å². The third kappa shape index (κ3) is 13.1. The standard InChI is InChI=1S/C27H43NO5/c1-2-3-4-5-6-7-8-9-10-11-12-13-14-15-16-17-20-28-25(29)23-19-18-22(26(30)31)21-24(23)27(32)33/h18-19,21H,2-17,20H2,1H3,(H,28,29)(H,30,31)(H,32,33). The highest BCUT2D eigenvalue weighted by molar-refractivity contribution is 6.06. The first-order chi connectivity index (χ1) is 16.0. The molecule has 0 atom stereocenters. The van der Waals surface area contributed by atoms with E-state index in [1.807, 2.05) is 0 Å². The van der Waals surface area contributed by atoms with Crippen molar-refractivity contribution < 1.29 is 24.6 Å². The smallest absolute Gasteiger partial charge is 0.336 e. The summed E-state index contributed by atoms with van der Waals surface area (Å²) >= 11 is 0. The van der Waals surface area contributed by atoms with Gasteiger partial charge in [-0.25, -0.2) is 9.59 Å². The number of amides is 1. The van der Waals surface area contributed by atoms with Crippen LogP contribution in [0.1, 0.15) is 141 Å². The molecule has 0 aliphatic carbocycles. The second-order valence-corrected chi connectivity index (χ2v) is 8.93. The molecule has 0 saturated carbocycles. The Morgan fingerprint density at radius 1 is 0.636 bits per heavy atom. The van der Waals surface area contributed by atoms with Crippen molar-refractivity contribution in [1.82, 2.24) is 5.32 Å². The SMILES string of the molecule is CCCCCCCCCCCCCCCCCCNC(=O)c1ccc(C(=O)O)cc1C(=O)O. The van der Waals surface area contributed by atoms with Gasteiger partial charge >= 0.3 is 11.9 Å². The molecule has 0 saturated heterocycles. The average Bonchev–Trinajstić information content (AvgIpc) is 2.80. The predicted octanol–water partition coefficient (Wildman–Crippen LogP) is 7.07. The molecular formula is C27H43NO5. The van der Waals surface area contributed by atoms with Crippen LogP contribution >= 0.6 is 0 Å². The van der Waals surface area contributed by atoms with Crippen LogP contribution < -0.4 is 5.32 Å². The number of benzene rings is 1. The van der Waals surface area contributed by atoms with Crippen molar-refractivity contribution in [3.63, 3.8) is 0 Å². The first kappa shape index (κ1) is 28.7. The highest BCUT2D eigenvalue weighted by Gasteiger charge is 2.18. The summed E-state index contributed by atoms with van der Waals surface area (Å²) in [6.45, 7) is 2.74. The number of unbranched alkanes of at least 4 members (excludes halogenated alkanes) is 15. The average molecular weight is 462 g/mol. The number of carbonyl (C=O) groups excluding carboxylic acids is 1. The van der Waals surface area contributed by atoms with E-state index in [1.54, 1.807) is 0 Å². The summed E-state index contributed by atoms with van der Waals surface area (Å²) in [6.07, 6.45) is 20.5. The van der Waals surface area contributed by atoms with Crippen LogP contribution in [0.25, 0.3) is 0 Å². The van der Waals surface area contributed by atoms with Crippen molar-refractivity contribution in [2.24, 2.45) is 0 Å². The molecule has 0 bridgehead atoms. The number of carbonyl (C=O) groups is 3.